The molecule has 1 unspecified atom stereocenters. The monoisotopic (exact) mass is 312 g/mol. The van der Waals surface area contributed by atoms with Crippen LogP contribution < -0.4 is 10.6 Å². The van der Waals surface area contributed by atoms with Crippen LogP contribution in [0.5, 0.6) is 0 Å². The second-order valence-electron chi connectivity index (χ2n) is 4.95. The highest BCUT2D eigenvalue weighted by Crippen LogP contribution is 2.19. The minimum Gasteiger partial charge on any atom is -0.478 e. The number of amides is 2. The molecule has 0 aliphatic carbocycles. The van der Waals surface area contributed by atoms with E-state index in [4.69, 9.17) is 21.4 Å². The van der Waals surface area contributed by atoms with Crippen molar-refractivity contribution in [2.45, 2.75) is 12.8 Å². The van der Waals surface area contributed by atoms with Crippen LogP contribution in [0.2, 0.25) is 5.02 Å². The lowest BCUT2D eigenvalue weighted by Gasteiger charge is -2.22. The van der Waals surface area contributed by atoms with Gasteiger partial charge in [0.1, 0.15) is 0 Å². The van der Waals surface area contributed by atoms with Gasteiger partial charge in [-0.1, -0.05) is 11.6 Å². The highest BCUT2D eigenvalue weighted by Gasteiger charge is 2.15. The van der Waals surface area contributed by atoms with E-state index in [1.54, 1.807) is 0 Å². The van der Waals surface area contributed by atoms with Gasteiger partial charge in [0, 0.05) is 23.9 Å². The van der Waals surface area contributed by atoms with Gasteiger partial charge in [-0.15, -0.1) is 0 Å². The second kappa shape index (κ2) is 7.28. The Morgan fingerprint density at radius 3 is 2.86 bits per heavy atom. The molecular formula is C14H17ClN2O4. The number of carbonyl (C=O) groups excluding carboxylic acids is 1. The lowest BCUT2D eigenvalue weighted by molar-refractivity contribution is 0.0559. The molecule has 0 saturated carbocycles. The van der Waals surface area contributed by atoms with Crippen molar-refractivity contribution in [2.24, 2.45) is 5.92 Å². The summed E-state index contributed by atoms with van der Waals surface area (Å²) in [5.41, 5.74) is 0.371. The molecule has 1 aromatic carbocycles. The highest BCUT2D eigenvalue weighted by atomic mass is 35.5. The Balaban J connectivity index is 1.88. The number of anilines is 1. The Labute approximate surface area is 127 Å². The number of aromatic carboxylic acids is 1. The van der Waals surface area contributed by atoms with E-state index >= 15 is 0 Å². The summed E-state index contributed by atoms with van der Waals surface area (Å²) in [6.45, 7) is 1.96. The average molecular weight is 313 g/mol. The molecule has 0 bridgehead atoms. The lowest BCUT2D eigenvalue weighted by Crippen LogP contribution is -2.35. The predicted molar refractivity (Wildman–Crippen MR) is 79.0 cm³/mol. The van der Waals surface area contributed by atoms with E-state index in [1.165, 1.54) is 18.2 Å². The molecule has 0 spiro atoms. The quantitative estimate of drug-likeness (QED) is 0.797. The van der Waals surface area contributed by atoms with Crippen LogP contribution in [0, 0.1) is 5.92 Å². The first-order valence-electron chi connectivity index (χ1n) is 6.71. The fourth-order valence-corrected chi connectivity index (χ4v) is 2.40. The minimum absolute atomic E-state index is 0.0264. The van der Waals surface area contributed by atoms with E-state index in [0.717, 1.165) is 19.4 Å². The summed E-state index contributed by atoms with van der Waals surface area (Å²) in [5.74, 6) is -0.779. The third-order valence-electron chi connectivity index (χ3n) is 3.21. The van der Waals surface area contributed by atoms with Crippen LogP contribution in [0.4, 0.5) is 10.5 Å². The molecule has 3 N–H and O–H groups in total. The normalized spacial score (nSPS) is 18.0. The minimum atomic E-state index is -1.10. The van der Waals surface area contributed by atoms with E-state index < -0.39 is 5.97 Å². The van der Waals surface area contributed by atoms with Gasteiger partial charge in [0.05, 0.1) is 12.2 Å². The van der Waals surface area contributed by atoms with Crippen molar-refractivity contribution >= 4 is 29.3 Å². The van der Waals surface area contributed by atoms with Gasteiger partial charge in [0.2, 0.25) is 0 Å². The summed E-state index contributed by atoms with van der Waals surface area (Å²) in [4.78, 5) is 22.7. The molecule has 0 aromatic heterocycles. The van der Waals surface area contributed by atoms with Crippen molar-refractivity contribution in [1.29, 1.82) is 0 Å². The first-order valence-corrected chi connectivity index (χ1v) is 7.09. The van der Waals surface area contributed by atoms with Crippen LogP contribution in [0.25, 0.3) is 0 Å². The fourth-order valence-electron chi connectivity index (χ4n) is 2.17. The zero-order valence-electron chi connectivity index (χ0n) is 11.4. The molecule has 1 aliphatic rings. The van der Waals surface area contributed by atoms with Crippen LogP contribution >= 0.6 is 11.6 Å². The van der Waals surface area contributed by atoms with E-state index in [0.29, 0.717) is 24.8 Å². The Morgan fingerprint density at radius 1 is 1.38 bits per heavy atom. The van der Waals surface area contributed by atoms with Gasteiger partial charge in [0.15, 0.2) is 0 Å². The molecule has 1 aliphatic heterocycles. The third kappa shape index (κ3) is 4.91. The Morgan fingerprint density at radius 2 is 2.19 bits per heavy atom. The van der Waals surface area contributed by atoms with Gasteiger partial charge < -0.3 is 20.5 Å². The molecule has 114 valence electrons. The van der Waals surface area contributed by atoms with Gasteiger partial charge >= 0.3 is 12.0 Å². The Bertz CT molecular complexity index is 530. The molecule has 1 heterocycles. The largest absolute Gasteiger partial charge is 0.478 e. The molecule has 1 atom stereocenters. The zero-order valence-corrected chi connectivity index (χ0v) is 12.2. The summed E-state index contributed by atoms with van der Waals surface area (Å²) in [6.07, 6.45) is 2.03. The van der Waals surface area contributed by atoms with Crippen LogP contribution in [-0.4, -0.2) is 36.9 Å². The van der Waals surface area contributed by atoms with Gasteiger partial charge in [-0.05, 0) is 37.0 Å². The van der Waals surface area contributed by atoms with Crippen LogP contribution in [0.15, 0.2) is 18.2 Å². The number of halogens is 1. The molecule has 1 fully saturated rings. The maximum atomic E-state index is 11.8. The molecule has 1 saturated heterocycles. The second-order valence-corrected chi connectivity index (χ2v) is 5.39. The number of benzene rings is 1. The van der Waals surface area contributed by atoms with Gasteiger partial charge in [-0.3, -0.25) is 0 Å². The van der Waals surface area contributed by atoms with Crippen molar-refractivity contribution < 1.29 is 19.4 Å². The lowest BCUT2D eigenvalue weighted by atomic mass is 10.0. The first kappa shape index (κ1) is 15.6. The van der Waals surface area contributed by atoms with Crippen LogP contribution in [0.3, 0.4) is 0 Å². The molecule has 21 heavy (non-hydrogen) atoms. The summed E-state index contributed by atoms with van der Waals surface area (Å²) in [6, 6.07) is 3.79. The van der Waals surface area contributed by atoms with Crippen LogP contribution in [-0.2, 0) is 4.74 Å². The maximum absolute atomic E-state index is 11.8. The van der Waals surface area contributed by atoms with Crippen molar-refractivity contribution in [1.82, 2.24) is 5.32 Å². The van der Waals surface area contributed by atoms with Gasteiger partial charge in [-0.25, -0.2) is 9.59 Å². The number of carboxylic acid groups (broad SMARTS) is 1. The Kier molecular flexibility index (Phi) is 5.41. The number of urea groups is 1. The van der Waals surface area contributed by atoms with E-state index in [9.17, 15) is 9.59 Å². The fraction of sp³-hybridized carbons (Fsp3) is 0.429. The smallest absolute Gasteiger partial charge is 0.335 e. The Hall–Kier alpha value is -1.79. The molecule has 0 radical (unpaired) electrons. The number of ether oxygens (including phenoxy) is 1. The summed E-state index contributed by atoms with van der Waals surface area (Å²) in [5, 5.41) is 14.5. The average Bonchev–Trinajstić information content (AvgIpc) is 2.45. The molecule has 2 amide bonds. The van der Waals surface area contributed by atoms with Crippen molar-refractivity contribution in [3.63, 3.8) is 0 Å². The molecular weight excluding hydrogens is 296 g/mol. The number of carbonyl (C=O) groups is 2. The highest BCUT2D eigenvalue weighted by molar-refractivity contribution is 6.31. The van der Waals surface area contributed by atoms with Crippen molar-refractivity contribution in [2.75, 3.05) is 25.1 Å². The number of carboxylic acids is 1. The standard InChI is InChI=1S/C14H17ClN2O4/c15-11-4-10(13(18)19)5-12(6-11)17-14(20)16-7-9-2-1-3-21-8-9/h4-6,9H,1-3,7-8H2,(H,18,19)(H2,16,17,20). The number of hydrogen-bond donors (Lipinski definition) is 3. The number of rotatable bonds is 4. The summed E-state index contributed by atoms with van der Waals surface area (Å²) < 4.78 is 5.34. The van der Waals surface area contributed by atoms with E-state index in [-0.39, 0.29) is 16.6 Å². The maximum Gasteiger partial charge on any atom is 0.335 e. The van der Waals surface area contributed by atoms with Gasteiger partial charge in [0.25, 0.3) is 0 Å². The summed E-state index contributed by atoms with van der Waals surface area (Å²) >= 11 is 5.82. The molecule has 2 rings (SSSR count). The van der Waals surface area contributed by atoms with Crippen LogP contribution in [0.1, 0.15) is 23.2 Å². The van der Waals surface area contributed by atoms with E-state index in [2.05, 4.69) is 10.6 Å². The molecule has 1 aromatic rings. The summed E-state index contributed by atoms with van der Waals surface area (Å²) in [7, 11) is 0. The van der Waals surface area contributed by atoms with Crippen molar-refractivity contribution in [3.8, 4) is 0 Å². The van der Waals surface area contributed by atoms with Crippen molar-refractivity contribution in [3.05, 3.63) is 28.8 Å². The zero-order chi connectivity index (χ0) is 15.2. The number of nitrogens with one attached hydrogen (secondary N) is 2. The molecule has 6 nitrogen and oxygen atoms in total. The SMILES string of the molecule is O=C(NCC1CCCOC1)Nc1cc(Cl)cc(C(=O)O)c1. The molecule has 7 heteroatoms. The predicted octanol–water partition coefficient (Wildman–Crippen LogP) is 2.59. The first-order chi connectivity index (χ1) is 10.0. The number of hydrogen-bond acceptors (Lipinski definition) is 3. The van der Waals surface area contributed by atoms with E-state index in [1.807, 2.05) is 0 Å². The van der Waals surface area contributed by atoms with Gasteiger partial charge in [-0.2, -0.15) is 0 Å². The topological polar surface area (TPSA) is 87.7 Å². The third-order valence-corrected chi connectivity index (χ3v) is 3.43.